The molecule has 0 saturated carbocycles. The normalized spacial score (nSPS) is 15.6. The van der Waals surface area contributed by atoms with Gasteiger partial charge in [0, 0.05) is 24.5 Å². The Morgan fingerprint density at radius 2 is 2.04 bits per heavy atom. The maximum Gasteiger partial charge on any atom is 0.339 e. The lowest BCUT2D eigenvalue weighted by Gasteiger charge is -2.21. The van der Waals surface area contributed by atoms with Gasteiger partial charge in [-0.2, -0.15) is 0 Å². The number of rotatable bonds is 7. The fourth-order valence-corrected chi connectivity index (χ4v) is 4.25. The Balaban J connectivity index is 1.88. The predicted octanol–water partition coefficient (Wildman–Crippen LogP) is 3.85. The van der Waals surface area contributed by atoms with Crippen molar-refractivity contribution in [2.24, 2.45) is 5.92 Å². The molecule has 128 valence electrons. The monoisotopic (exact) mass is 339 g/mol. The van der Waals surface area contributed by atoms with E-state index < -0.39 is 5.97 Å². The number of aromatic carboxylic acids is 1. The van der Waals surface area contributed by atoms with Crippen LogP contribution in [0, 0.1) is 12.8 Å². The van der Waals surface area contributed by atoms with Gasteiger partial charge in [0.05, 0.1) is 5.56 Å². The van der Waals surface area contributed by atoms with Gasteiger partial charge in [0.15, 0.2) is 0 Å². The summed E-state index contributed by atoms with van der Waals surface area (Å²) in [5, 5.41) is 12.7. The first-order chi connectivity index (χ1) is 11.0. The lowest BCUT2D eigenvalue weighted by molar-refractivity contribution is -0.116. The van der Waals surface area contributed by atoms with Crippen molar-refractivity contribution in [3.63, 3.8) is 0 Å². The van der Waals surface area contributed by atoms with Crippen LogP contribution in [-0.2, 0) is 16.0 Å². The third-order valence-electron chi connectivity index (χ3n) is 4.39. The van der Waals surface area contributed by atoms with Gasteiger partial charge in [-0.15, -0.1) is 11.3 Å². The molecule has 1 aromatic heterocycles. The smallest absolute Gasteiger partial charge is 0.339 e. The van der Waals surface area contributed by atoms with Crippen molar-refractivity contribution in [1.82, 2.24) is 0 Å². The molecule has 1 aliphatic heterocycles. The molecular weight excluding hydrogens is 314 g/mol. The predicted molar refractivity (Wildman–Crippen MR) is 91.4 cm³/mol. The molecule has 2 N–H and O–H groups in total. The highest BCUT2D eigenvalue weighted by atomic mass is 32.1. The van der Waals surface area contributed by atoms with Crippen LogP contribution in [0.5, 0.6) is 0 Å². The van der Waals surface area contributed by atoms with Gasteiger partial charge in [-0.3, -0.25) is 4.79 Å². The standard InChI is InChI=1S/C17H25NO4S/c1-3-13-11(2)23-16(15(13)17(20)21)18-14(19)6-4-5-12-7-9-22-10-8-12/h12H,3-10H2,1-2H3,(H,18,19)(H,20,21). The van der Waals surface area contributed by atoms with Crippen LogP contribution in [0.4, 0.5) is 5.00 Å². The van der Waals surface area contributed by atoms with Gasteiger partial charge in [-0.1, -0.05) is 6.92 Å². The van der Waals surface area contributed by atoms with Crippen molar-refractivity contribution in [3.8, 4) is 0 Å². The van der Waals surface area contributed by atoms with Crippen LogP contribution in [-0.4, -0.2) is 30.2 Å². The van der Waals surface area contributed by atoms with Gasteiger partial charge < -0.3 is 15.2 Å². The van der Waals surface area contributed by atoms with E-state index in [0.717, 1.165) is 49.3 Å². The summed E-state index contributed by atoms with van der Waals surface area (Å²) < 4.78 is 5.33. The van der Waals surface area contributed by atoms with E-state index >= 15 is 0 Å². The Morgan fingerprint density at radius 1 is 1.35 bits per heavy atom. The number of hydrogen-bond donors (Lipinski definition) is 2. The molecule has 1 aliphatic rings. The summed E-state index contributed by atoms with van der Waals surface area (Å²) >= 11 is 1.35. The third kappa shape index (κ3) is 4.78. The molecule has 5 nitrogen and oxygen atoms in total. The maximum atomic E-state index is 12.1. The first-order valence-electron chi connectivity index (χ1n) is 8.26. The van der Waals surface area contributed by atoms with E-state index in [4.69, 9.17) is 4.74 Å². The van der Waals surface area contributed by atoms with Crippen LogP contribution in [0.15, 0.2) is 0 Å². The lowest BCUT2D eigenvalue weighted by Crippen LogP contribution is -2.17. The molecule has 0 bridgehead atoms. The zero-order chi connectivity index (χ0) is 16.8. The summed E-state index contributed by atoms with van der Waals surface area (Å²) in [4.78, 5) is 24.5. The SMILES string of the molecule is CCc1c(C)sc(NC(=O)CCCC2CCOCC2)c1C(=O)O. The Morgan fingerprint density at radius 3 is 2.65 bits per heavy atom. The van der Waals surface area contributed by atoms with Crippen LogP contribution in [0.1, 0.15) is 59.8 Å². The van der Waals surface area contributed by atoms with E-state index in [-0.39, 0.29) is 11.5 Å². The molecule has 0 unspecified atom stereocenters. The second-order valence-electron chi connectivity index (χ2n) is 6.00. The quantitative estimate of drug-likeness (QED) is 0.791. The van der Waals surface area contributed by atoms with E-state index in [1.54, 1.807) is 0 Å². The summed E-state index contributed by atoms with van der Waals surface area (Å²) in [5.74, 6) is -0.408. The van der Waals surface area contributed by atoms with Gasteiger partial charge in [0.25, 0.3) is 0 Å². The molecule has 6 heteroatoms. The average molecular weight is 339 g/mol. The summed E-state index contributed by atoms with van der Waals surface area (Å²) in [6, 6.07) is 0. The molecule has 1 aromatic rings. The summed E-state index contributed by atoms with van der Waals surface area (Å²) in [6.45, 7) is 5.48. The first-order valence-corrected chi connectivity index (χ1v) is 9.07. The summed E-state index contributed by atoms with van der Waals surface area (Å²) in [5.41, 5.74) is 1.08. The maximum absolute atomic E-state index is 12.1. The number of carboxylic acid groups (broad SMARTS) is 1. The largest absolute Gasteiger partial charge is 0.478 e. The number of carbonyl (C=O) groups is 2. The van der Waals surface area contributed by atoms with Gasteiger partial charge >= 0.3 is 5.97 Å². The number of hydrogen-bond acceptors (Lipinski definition) is 4. The minimum Gasteiger partial charge on any atom is -0.478 e. The molecule has 0 aromatic carbocycles. The summed E-state index contributed by atoms with van der Waals surface area (Å²) in [6.07, 6.45) is 5.12. The highest BCUT2D eigenvalue weighted by Gasteiger charge is 2.22. The molecular formula is C17H25NO4S. The second kappa shape index (κ2) is 8.45. The Bertz CT molecular complexity index is 561. The molecule has 0 spiro atoms. The molecule has 1 fully saturated rings. The van der Waals surface area contributed by atoms with E-state index in [0.29, 0.717) is 23.8 Å². The Hall–Kier alpha value is -1.40. The summed E-state index contributed by atoms with van der Waals surface area (Å²) in [7, 11) is 0. The van der Waals surface area contributed by atoms with Crippen molar-refractivity contribution in [1.29, 1.82) is 0 Å². The molecule has 0 atom stereocenters. The van der Waals surface area contributed by atoms with E-state index in [2.05, 4.69) is 5.32 Å². The molecule has 23 heavy (non-hydrogen) atoms. The zero-order valence-electron chi connectivity index (χ0n) is 13.8. The molecule has 1 saturated heterocycles. The number of carbonyl (C=O) groups excluding carboxylic acids is 1. The van der Waals surface area contributed by atoms with E-state index in [9.17, 15) is 14.7 Å². The zero-order valence-corrected chi connectivity index (χ0v) is 14.6. The van der Waals surface area contributed by atoms with Gasteiger partial charge in [-0.25, -0.2) is 4.79 Å². The molecule has 0 radical (unpaired) electrons. The second-order valence-corrected chi connectivity index (χ2v) is 7.22. The van der Waals surface area contributed by atoms with Gasteiger partial charge in [-0.05, 0) is 50.5 Å². The topological polar surface area (TPSA) is 75.6 Å². The first kappa shape index (κ1) is 17.9. The lowest BCUT2D eigenvalue weighted by atomic mass is 9.94. The highest BCUT2D eigenvalue weighted by Crippen LogP contribution is 2.33. The molecule has 2 heterocycles. The van der Waals surface area contributed by atoms with Crippen LogP contribution >= 0.6 is 11.3 Å². The van der Waals surface area contributed by atoms with Crippen LogP contribution in [0.3, 0.4) is 0 Å². The van der Waals surface area contributed by atoms with Crippen LogP contribution in [0.25, 0.3) is 0 Å². The molecule has 1 amide bonds. The number of carboxylic acids is 1. The van der Waals surface area contributed by atoms with Crippen LogP contribution < -0.4 is 5.32 Å². The fourth-order valence-electron chi connectivity index (χ4n) is 3.09. The van der Waals surface area contributed by atoms with E-state index in [1.807, 2.05) is 13.8 Å². The Labute approximate surface area is 141 Å². The third-order valence-corrected chi connectivity index (χ3v) is 5.45. The van der Waals surface area contributed by atoms with Crippen molar-refractivity contribution in [2.75, 3.05) is 18.5 Å². The van der Waals surface area contributed by atoms with E-state index in [1.165, 1.54) is 11.3 Å². The fraction of sp³-hybridized carbons (Fsp3) is 0.647. The van der Waals surface area contributed by atoms with Gasteiger partial charge in [0.2, 0.25) is 5.91 Å². The Kier molecular flexibility index (Phi) is 6.59. The number of aryl methyl sites for hydroxylation is 1. The van der Waals surface area contributed by atoms with Crippen molar-refractivity contribution in [3.05, 3.63) is 16.0 Å². The number of nitrogens with one attached hydrogen (secondary N) is 1. The van der Waals surface area contributed by atoms with Crippen molar-refractivity contribution < 1.29 is 19.4 Å². The number of thiophene rings is 1. The van der Waals surface area contributed by atoms with Gasteiger partial charge in [0.1, 0.15) is 5.00 Å². The number of amides is 1. The minimum absolute atomic E-state index is 0.0940. The van der Waals surface area contributed by atoms with Crippen molar-refractivity contribution >= 4 is 28.2 Å². The minimum atomic E-state index is -0.969. The van der Waals surface area contributed by atoms with Crippen molar-refractivity contribution in [2.45, 2.75) is 52.4 Å². The average Bonchev–Trinajstić information content (AvgIpc) is 2.83. The number of ether oxygens (including phenoxy) is 1. The molecule has 2 rings (SSSR count). The van der Waals surface area contributed by atoms with Crippen LogP contribution in [0.2, 0.25) is 0 Å². The highest BCUT2D eigenvalue weighted by molar-refractivity contribution is 7.16. The molecule has 0 aliphatic carbocycles. The number of anilines is 1.